The van der Waals surface area contributed by atoms with Gasteiger partial charge < -0.3 is 5.11 Å². The van der Waals surface area contributed by atoms with Gasteiger partial charge in [0.25, 0.3) is 0 Å². The van der Waals surface area contributed by atoms with Crippen molar-refractivity contribution in [3.8, 4) is 0 Å². The van der Waals surface area contributed by atoms with E-state index in [-0.39, 0.29) is 0 Å². The van der Waals surface area contributed by atoms with Gasteiger partial charge >= 0.3 is 5.97 Å². The summed E-state index contributed by atoms with van der Waals surface area (Å²) in [5, 5.41) is 14.8. The Bertz CT molecular complexity index is 967. The fraction of sp³-hybridized carbons (Fsp3) is 0.0588. The standard InChI is InChI=1S/C17H11Cl2FN2O2/c18-11-2-5-16-13(7-11)15(4-6-17(23)24)21-22(16)9-10-1-3-12(20)8-14(10)19/h1-8H,9H2,(H,23,24)/b6-4+. The van der Waals surface area contributed by atoms with Gasteiger partial charge in [0.2, 0.25) is 0 Å². The van der Waals surface area contributed by atoms with E-state index < -0.39 is 11.8 Å². The fourth-order valence-corrected chi connectivity index (χ4v) is 2.78. The number of hydrogen-bond acceptors (Lipinski definition) is 2. The minimum atomic E-state index is -1.07. The van der Waals surface area contributed by atoms with Gasteiger partial charge in [-0.2, -0.15) is 5.10 Å². The van der Waals surface area contributed by atoms with Crippen molar-refractivity contribution in [2.45, 2.75) is 6.54 Å². The summed E-state index contributed by atoms with van der Waals surface area (Å²) in [4.78, 5) is 10.7. The van der Waals surface area contributed by atoms with Gasteiger partial charge in [0.05, 0.1) is 17.8 Å². The monoisotopic (exact) mass is 364 g/mol. The van der Waals surface area contributed by atoms with Crippen LogP contribution in [0, 0.1) is 5.82 Å². The number of carboxylic acids is 1. The van der Waals surface area contributed by atoms with E-state index in [9.17, 15) is 9.18 Å². The number of benzene rings is 2. The third-order valence-corrected chi connectivity index (χ3v) is 4.05. The molecule has 1 heterocycles. The molecule has 0 unspecified atom stereocenters. The van der Waals surface area contributed by atoms with Crippen LogP contribution >= 0.6 is 23.2 Å². The van der Waals surface area contributed by atoms with Gasteiger partial charge in [-0.15, -0.1) is 0 Å². The molecule has 0 amide bonds. The van der Waals surface area contributed by atoms with Crippen LogP contribution in [0.4, 0.5) is 4.39 Å². The van der Waals surface area contributed by atoms with Gasteiger partial charge in [-0.3, -0.25) is 4.68 Å². The van der Waals surface area contributed by atoms with Crippen molar-refractivity contribution in [2.75, 3.05) is 0 Å². The number of halogens is 3. The van der Waals surface area contributed by atoms with Crippen LogP contribution in [0.25, 0.3) is 17.0 Å². The Kier molecular flexibility index (Phi) is 4.55. The number of carbonyl (C=O) groups is 1. The van der Waals surface area contributed by atoms with Crippen molar-refractivity contribution in [1.82, 2.24) is 9.78 Å². The average molecular weight is 365 g/mol. The van der Waals surface area contributed by atoms with Gasteiger partial charge in [0.15, 0.2) is 0 Å². The first-order valence-corrected chi connectivity index (χ1v) is 7.70. The zero-order valence-electron chi connectivity index (χ0n) is 12.2. The molecule has 24 heavy (non-hydrogen) atoms. The Labute approximate surface area is 146 Å². The van der Waals surface area contributed by atoms with E-state index >= 15 is 0 Å². The van der Waals surface area contributed by atoms with Gasteiger partial charge in [0.1, 0.15) is 5.82 Å². The third-order valence-electron chi connectivity index (χ3n) is 3.46. The van der Waals surface area contributed by atoms with Crippen molar-refractivity contribution in [3.05, 3.63) is 69.6 Å². The molecule has 0 atom stereocenters. The van der Waals surface area contributed by atoms with Crippen LogP contribution in [-0.2, 0) is 11.3 Å². The second kappa shape index (κ2) is 6.63. The first-order valence-electron chi connectivity index (χ1n) is 6.95. The van der Waals surface area contributed by atoms with E-state index in [1.165, 1.54) is 18.2 Å². The summed E-state index contributed by atoms with van der Waals surface area (Å²) in [5.41, 5.74) is 1.95. The summed E-state index contributed by atoms with van der Waals surface area (Å²) < 4.78 is 14.9. The van der Waals surface area contributed by atoms with Crippen LogP contribution < -0.4 is 0 Å². The highest BCUT2D eigenvalue weighted by Gasteiger charge is 2.11. The third kappa shape index (κ3) is 3.42. The summed E-state index contributed by atoms with van der Waals surface area (Å²) in [5.74, 6) is -1.48. The number of nitrogens with zero attached hydrogens (tertiary/aromatic N) is 2. The predicted octanol–water partition coefficient (Wildman–Crippen LogP) is 4.63. The molecule has 0 fully saturated rings. The van der Waals surface area contributed by atoms with E-state index in [4.69, 9.17) is 28.3 Å². The van der Waals surface area contributed by atoms with Crippen LogP contribution in [0.5, 0.6) is 0 Å². The normalized spacial score (nSPS) is 11.5. The molecule has 7 heteroatoms. The molecule has 0 aliphatic heterocycles. The SMILES string of the molecule is O=C(O)/C=C/c1nn(Cc2ccc(F)cc2Cl)c2ccc(Cl)cc12. The lowest BCUT2D eigenvalue weighted by Gasteiger charge is -2.06. The van der Waals surface area contributed by atoms with E-state index in [0.29, 0.717) is 27.8 Å². The lowest BCUT2D eigenvalue weighted by molar-refractivity contribution is -0.131. The van der Waals surface area contributed by atoms with Gasteiger partial charge in [-0.05, 0) is 42.0 Å². The lowest BCUT2D eigenvalue weighted by Crippen LogP contribution is -2.02. The lowest BCUT2D eigenvalue weighted by atomic mass is 10.2. The molecular formula is C17H11Cl2FN2O2. The maximum Gasteiger partial charge on any atom is 0.328 e. The van der Waals surface area contributed by atoms with Gasteiger partial charge in [-0.25, -0.2) is 9.18 Å². The number of rotatable bonds is 4. The maximum atomic E-state index is 13.2. The van der Waals surface area contributed by atoms with E-state index in [2.05, 4.69) is 5.10 Å². The van der Waals surface area contributed by atoms with Crippen LogP contribution in [0.1, 0.15) is 11.3 Å². The molecule has 0 saturated heterocycles. The Hall–Kier alpha value is -2.37. The first-order chi connectivity index (χ1) is 11.4. The summed E-state index contributed by atoms with van der Waals surface area (Å²) in [6.45, 7) is 0.318. The van der Waals surface area contributed by atoms with Crippen LogP contribution in [0.2, 0.25) is 10.0 Å². The van der Waals surface area contributed by atoms with Crippen molar-refractivity contribution in [3.63, 3.8) is 0 Å². The van der Waals surface area contributed by atoms with Crippen molar-refractivity contribution < 1.29 is 14.3 Å². The number of carboxylic acid groups (broad SMARTS) is 1. The zero-order valence-corrected chi connectivity index (χ0v) is 13.7. The van der Waals surface area contributed by atoms with Crippen molar-refractivity contribution >= 4 is 46.2 Å². The minimum Gasteiger partial charge on any atom is -0.478 e. The minimum absolute atomic E-state index is 0.301. The fourth-order valence-electron chi connectivity index (χ4n) is 2.38. The van der Waals surface area contributed by atoms with Crippen molar-refractivity contribution in [2.24, 2.45) is 0 Å². The summed E-state index contributed by atoms with van der Waals surface area (Å²) in [7, 11) is 0. The molecule has 122 valence electrons. The quantitative estimate of drug-likeness (QED) is 0.686. The van der Waals surface area contributed by atoms with Crippen LogP contribution in [0.15, 0.2) is 42.5 Å². The molecule has 3 rings (SSSR count). The molecule has 2 aromatic carbocycles. The Morgan fingerprint density at radius 2 is 2.04 bits per heavy atom. The molecule has 1 N–H and O–H groups in total. The van der Waals surface area contributed by atoms with E-state index in [1.807, 2.05) is 0 Å². The molecular weight excluding hydrogens is 354 g/mol. The second-order valence-corrected chi connectivity index (χ2v) is 5.96. The number of hydrogen-bond donors (Lipinski definition) is 1. The molecule has 0 saturated carbocycles. The molecule has 0 bridgehead atoms. The highest BCUT2D eigenvalue weighted by Crippen LogP contribution is 2.26. The zero-order chi connectivity index (χ0) is 17.3. The van der Waals surface area contributed by atoms with Crippen LogP contribution in [-0.4, -0.2) is 20.9 Å². The van der Waals surface area contributed by atoms with E-state index in [0.717, 1.165) is 17.0 Å². The Morgan fingerprint density at radius 3 is 2.75 bits per heavy atom. The van der Waals surface area contributed by atoms with Crippen LogP contribution in [0.3, 0.4) is 0 Å². The molecule has 3 aromatic rings. The average Bonchev–Trinajstić information content (AvgIpc) is 2.85. The smallest absolute Gasteiger partial charge is 0.328 e. The first kappa shape index (κ1) is 16.5. The number of aliphatic carboxylic acids is 1. The maximum absolute atomic E-state index is 13.2. The molecule has 0 radical (unpaired) electrons. The summed E-state index contributed by atoms with van der Waals surface area (Å²) in [6, 6.07) is 9.39. The highest BCUT2D eigenvalue weighted by atomic mass is 35.5. The van der Waals surface area contributed by atoms with Gasteiger partial charge in [-0.1, -0.05) is 29.3 Å². The second-order valence-electron chi connectivity index (χ2n) is 5.11. The molecule has 4 nitrogen and oxygen atoms in total. The summed E-state index contributed by atoms with van der Waals surface area (Å²) in [6.07, 6.45) is 2.42. The largest absolute Gasteiger partial charge is 0.478 e. The topological polar surface area (TPSA) is 55.1 Å². The highest BCUT2D eigenvalue weighted by molar-refractivity contribution is 6.31. The van der Waals surface area contributed by atoms with Gasteiger partial charge in [0, 0.05) is 21.5 Å². The van der Waals surface area contributed by atoms with Crippen molar-refractivity contribution in [1.29, 1.82) is 0 Å². The van der Waals surface area contributed by atoms with E-state index in [1.54, 1.807) is 28.9 Å². The molecule has 1 aromatic heterocycles. The molecule has 0 aliphatic carbocycles. The predicted molar refractivity (Wildman–Crippen MR) is 91.9 cm³/mol. The summed E-state index contributed by atoms with van der Waals surface area (Å²) >= 11 is 12.1. The molecule has 0 spiro atoms. The Morgan fingerprint density at radius 1 is 1.25 bits per heavy atom. The Balaban J connectivity index is 2.09. The molecule has 0 aliphatic rings. The number of fused-ring (bicyclic) bond motifs is 1. The number of aromatic nitrogens is 2.